The van der Waals surface area contributed by atoms with E-state index in [1.165, 1.54) is 22.5 Å². The summed E-state index contributed by atoms with van der Waals surface area (Å²) in [5.41, 5.74) is 5.10. The summed E-state index contributed by atoms with van der Waals surface area (Å²) in [5, 5.41) is 0. The Balaban J connectivity index is 2.33. The van der Waals surface area contributed by atoms with Gasteiger partial charge in [0.25, 0.3) is 0 Å². The highest BCUT2D eigenvalue weighted by atomic mass is 15.1. The van der Waals surface area contributed by atoms with Crippen LogP contribution < -0.4 is 4.90 Å². The Morgan fingerprint density at radius 3 is 1.35 bits per heavy atom. The summed E-state index contributed by atoms with van der Waals surface area (Å²) in [6.07, 6.45) is 0. The largest absolute Gasteiger partial charge is 0.342 e. The van der Waals surface area contributed by atoms with Gasteiger partial charge in [-0.25, -0.2) is 0 Å². The van der Waals surface area contributed by atoms with E-state index in [2.05, 4.69) is 74.2 Å². The highest BCUT2D eigenvalue weighted by molar-refractivity contribution is 5.63. The van der Waals surface area contributed by atoms with E-state index in [9.17, 15) is 0 Å². The van der Waals surface area contributed by atoms with Crippen molar-refractivity contribution in [1.29, 1.82) is 0 Å². The first-order chi connectivity index (χ1) is 8.20. The predicted molar refractivity (Wildman–Crippen MR) is 75.0 cm³/mol. The molecule has 0 amide bonds. The molecule has 1 nitrogen and oxygen atoms in total. The van der Waals surface area contributed by atoms with Gasteiger partial charge in [-0.2, -0.15) is 0 Å². The summed E-state index contributed by atoms with van der Waals surface area (Å²) in [7, 11) is 0. The fraction of sp³-hybridized carbons (Fsp3) is 0.250. The van der Waals surface area contributed by atoms with Crippen molar-refractivity contribution in [3.8, 4) is 0 Å². The number of nitrogens with zero attached hydrogens (tertiary/aromatic N) is 1. The van der Waals surface area contributed by atoms with Crippen molar-refractivity contribution in [1.82, 2.24) is 0 Å². The predicted octanol–water partition coefficient (Wildman–Crippen LogP) is 4.46. The second-order valence-corrected chi connectivity index (χ2v) is 4.42. The first-order valence-electron chi connectivity index (χ1n) is 6.11. The molecule has 0 radical (unpaired) electrons. The van der Waals surface area contributed by atoms with E-state index in [1.807, 2.05) is 0 Å². The minimum absolute atomic E-state index is 0.978. The van der Waals surface area contributed by atoms with Crippen LogP contribution in [0.4, 0.5) is 11.4 Å². The first-order valence-corrected chi connectivity index (χ1v) is 6.11. The maximum atomic E-state index is 2.32. The molecule has 0 unspecified atom stereocenters. The molecule has 2 rings (SSSR count). The van der Waals surface area contributed by atoms with Crippen LogP contribution in [0.15, 0.2) is 48.5 Å². The number of rotatable bonds is 3. The summed E-state index contributed by atoms with van der Waals surface area (Å²) in [6.45, 7) is 7.39. The van der Waals surface area contributed by atoms with E-state index in [1.54, 1.807) is 0 Å². The molecule has 0 aliphatic heterocycles. The number of anilines is 2. The molecule has 2 aromatic carbocycles. The van der Waals surface area contributed by atoms with E-state index in [4.69, 9.17) is 0 Å². The Bertz CT molecular complexity index is 422. The molecular formula is C16H19N. The van der Waals surface area contributed by atoms with Gasteiger partial charge in [0, 0.05) is 17.9 Å². The average molecular weight is 225 g/mol. The lowest BCUT2D eigenvalue weighted by atomic mass is 10.1. The molecule has 0 N–H and O–H groups in total. The molecule has 17 heavy (non-hydrogen) atoms. The minimum atomic E-state index is 0.978. The molecule has 0 heterocycles. The van der Waals surface area contributed by atoms with Gasteiger partial charge < -0.3 is 4.90 Å². The Labute approximate surface area is 104 Å². The monoisotopic (exact) mass is 225 g/mol. The summed E-state index contributed by atoms with van der Waals surface area (Å²) in [5.74, 6) is 0. The SMILES string of the molecule is CCN(c1ccc(C)cc1)c1ccc(C)cc1. The third kappa shape index (κ3) is 2.68. The Morgan fingerprint density at radius 1 is 0.706 bits per heavy atom. The Hall–Kier alpha value is -1.76. The molecule has 0 saturated heterocycles. The second kappa shape index (κ2) is 5.05. The lowest BCUT2D eigenvalue weighted by molar-refractivity contribution is 1.02. The van der Waals surface area contributed by atoms with Crippen LogP contribution in [-0.2, 0) is 0 Å². The van der Waals surface area contributed by atoms with E-state index >= 15 is 0 Å². The fourth-order valence-electron chi connectivity index (χ4n) is 1.96. The molecule has 0 spiro atoms. The standard InChI is InChI=1S/C16H19N/c1-4-17(15-9-5-13(2)6-10-15)16-11-7-14(3)8-12-16/h5-12H,4H2,1-3H3. The maximum absolute atomic E-state index is 2.32. The zero-order valence-corrected chi connectivity index (χ0v) is 10.8. The second-order valence-electron chi connectivity index (χ2n) is 4.42. The van der Waals surface area contributed by atoms with Crippen LogP contribution in [0.25, 0.3) is 0 Å². The van der Waals surface area contributed by atoms with Crippen molar-refractivity contribution in [3.63, 3.8) is 0 Å². The molecule has 2 aromatic rings. The van der Waals surface area contributed by atoms with Crippen LogP contribution >= 0.6 is 0 Å². The smallest absolute Gasteiger partial charge is 0.0410 e. The van der Waals surface area contributed by atoms with Gasteiger partial charge >= 0.3 is 0 Å². The number of benzene rings is 2. The fourth-order valence-corrected chi connectivity index (χ4v) is 1.96. The molecule has 0 saturated carbocycles. The van der Waals surface area contributed by atoms with Crippen molar-refractivity contribution in [2.75, 3.05) is 11.4 Å². The maximum Gasteiger partial charge on any atom is 0.0410 e. The van der Waals surface area contributed by atoms with Crippen LogP contribution in [-0.4, -0.2) is 6.54 Å². The van der Waals surface area contributed by atoms with Gasteiger partial charge in [0.15, 0.2) is 0 Å². The minimum Gasteiger partial charge on any atom is -0.342 e. The third-order valence-corrected chi connectivity index (χ3v) is 3.01. The van der Waals surface area contributed by atoms with Crippen molar-refractivity contribution in [3.05, 3.63) is 59.7 Å². The van der Waals surface area contributed by atoms with Gasteiger partial charge in [0.2, 0.25) is 0 Å². The molecule has 0 bridgehead atoms. The molecule has 0 atom stereocenters. The van der Waals surface area contributed by atoms with Crippen LogP contribution in [0, 0.1) is 13.8 Å². The molecule has 0 fully saturated rings. The molecular weight excluding hydrogens is 206 g/mol. The Kier molecular flexibility index (Phi) is 3.48. The van der Waals surface area contributed by atoms with Crippen molar-refractivity contribution < 1.29 is 0 Å². The summed E-state index contributed by atoms with van der Waals surface area (Å²) in [4.78, 5) is 2.32. The third-order valence-electron chi connectivity index (χ3n) is 3.01. The molecule has 1 heteroatoms. The van der Waals surface area contributed by atoms with Crippen LogP contribution in [0.3, 0.4) is 0 Å². The van der Waals surface area contributed by atoms with E-state index < -0.39 is 0 Å². The topological polar surface area (TPSA) is 3.24 Å². The normalized spacial score (nSPS) is 10.3. The van der Waals surface area contributed by atoms with Gasteiger partial charge in [-0.15, -0.1) is 0 Å². The lowest BCUT2D eigenvalue weighted by Crippen LogP contribution is -2.15. The van der Waals surface area contributed by atoms with Gasteiger partial charge in [-0.1, -0.05) is 35.4 Å². The molecule has 0 aliphatic rings. The van der Waals surface area contributed by atoms with Gasteiger partial charge in [0.1, 0.15) is 0 Å². The highest BCUT2D eigenvalue weighted by Crippen LogP contribution is 2.25. The van der Waals surface area contributed by atoms with E-state index in [0.717, 1.165) is 6.54 Å². The average Bonchev–Trinajstić information content (AvgIpc) is 2.35. The highest BCUT2D eigenvalue weighted by Gasteiger charge is 2.05. The molecule has 0 aromatic heterocycles. The number of hydrogen-bond donors (Lipinski definition) is 0. The summed E-state index contributed by atoms with van der Waals surface area (Å²) < 4.78 is 0. The molecule has 0 aliphatic carbocycles. The lowest BCUT2D eigenvalue weighted by Gasteiger charge is -2.23. The quantitative estimate of drug-likeness (QED) is 0.745. The van der Waals surface area contributed by atoms with Crippen molar-refractivity contribution in [2.45, 2.75) is 20.8 Å². The van der Waals surface area contributed by atoms with E-state index in [0.29, 0.717) is 0 Å². The summed E-state index contributed by atoms with van der Waals surface area (Å²) in [6, 6.07) is 17.4. The van der Waals surface area contributed by atoms with Gasteiger partial charge in [0.05, 0.1) is 0 Å². The van der Waals surface area contributed by atoms with Gasteiger partial charge in [-0.05, 0) is 45.0 Å². The number of aryl methyl sites for hydroxylation is 2. The van der Waals surface area contributed by atoms with Crippen LogP contribution in [0.2, 0.25) is 0 Å². The summed E-state index contributed by atoms with van der Waals surface area (Å²) >= 11 is 0. The number of hydrogen-bond acceptors (Lipinski definition) is 1. The first kappa shape index (κ1) is 11.7. The Morgan fingerprint density at radius 2 is 1.06 bits per heavy atom. The van der Waals surface area contributed by atoms with Crippen LogP contribution in [0.1, 0.15) is 18.1 Å². The zero-order chi connectivity index (χ0) is 12.3. The van der Waals surface area contributed by atoms with E-state index in [-0.39, 0.29) is 0 Å². The van der Waals surface area contributed by atoms with Crippen molar-refractivity contribution >= 4 is 11.4 Å². The molecule has 88 valence electrons. The van der Waals surface area contributed by atoms with Crippen molar-refractivity contribution in [2.24, 2.45) is 0 Å². The van der Waals surface area contributed by atoms with Gasteiger partial charge in [-0.3, -0.25) is 0 Å². The zero-order valence-electron chi connectivity index (χ0n) is 10.8. The van der Waals surface area contributed by atoms with Crippen LogP contribution in [0.5, 0.6) is 0 Å².